The molecule has 0 saturated carbocycles. The molecule has 2 aromatic rings. The Hall–Kier alpha value is -3.16. The van der Waals surface area contributed by atoms with E-state index in [4.69, 9.17) is 15.0 Å². The topological polar surface area (TPSA) is 125 Å². The molecule has 0 saturated heterocycles. The second kappa shape index (κ2) is 7.40. The largest absolute Gasteiger partial charge is 0.449 e. The molecule has 24 heavy (non-hydrogen) atoms. The molecule has 126 valence electrons. The van der Waals surface area contributed by atoms with E-state index >= 15 is 0 Å². The normalized spacial score (nSPS) is 11.6. The van der Waals surface area contributed by atoms with Crippen molar-refractivity contribution in [3.05, 3.63) is 47.2 Å². The number of carbonyl (C=O) groups is 3. The van der Waals surface area contributed by atoms with E-state index in [2.05, 4.69) is 10.5 Å². The molecule has 0 radical (unpaired) electrons. The van der Waals surface area contributed by atoms with Gasteiger partial charge in [-0.1, -0.05) is 12.1 Å². The number of aromatic nitrogens is 1. The number of rotatable bonds is 6. The Balaban J connectivity index is 2.01. The van der Waals surface area contributed by atoms with Crippen molar-refractivity contribution >= 4 is 23.6 Å². The summed E-state index contributed by atoms with van der Waals surface area (Å²) in [5, 5.41) is 6.16. The lowest BCUT2D eigenvalue weighted by Gasteiger charge is -2.15. The molecule has 8 nitrogen and oxygen atoms in total. The maximum absolute atomic E-state index is 12.1. The Morgan fingerprint density at radius 3 is 2.38 bits per heavy atom. The van der Waals surface area contributed by atoms with E-state index < -0.39 is 23.9 Å². The number of nitrogens with zero attached hydrogens (tertiary/aromatic N) is 1. The number of benzene rings is 1. The fourth-order valence-corrected chi connectivity index (χ4v) is 1.92. The van der Waals surface area contributed by atoms with Gasteiger partial charge in [-0.3, -0.25) is 9.59 Å². The molecule has 2 amide bonds. The summed E-state index contributed by atoms with van der Waals surface area (Å²) in [7, 11) is 0. The van der Waals surface area contributed by atoms with Gasteiger partial charge in [-0.05, 0) is 37.6 Å². The summed E-state index contributed by atoms with van der Waals surface area (Å²) in [6, 6.07) is 7.20. The molecule has 0 aliphatic heterocycles. The van der Waals surface area contributed by atoms with Crippen LogP contribution in [0.25, 0.3) is 0 Å². The number of aryl methyl sites for hydroxylation is 1. The van der Waals surface area contributed by atoms with Gasteiger partial charge in [0.05, 0.1) is 5.56 Å². The summed E-state index contributed by atoms with van der Waals surface area (Å²) >= 11 is 0. The van der Waals surface area contributed by atoms with Gasteiger partial charge in [0, 0.05) is 11.6 Å². The van der Waals surface area contributed by atoms with E-state index in [0.717, 1.165) is 0 Å². The van der Waals surface area contributed by atoms with E-state index in [1.54, 1.807) is 19.9 Å². The molecule has 8 heteroatoms. The number of amides is 2. The Morgan fingerprint density at radius 1 is 1.25 bits per heavy atom. The number of hydrogen-bond acceptors (Lipinski definition) is 6. The Morgan fingerprint density at radius 2 is 1.88 bits per heavy atom. The molecule has 0 fully saturated rings. The fraction of sp³-hybridized carbons (Fsp3) is 0.250. The number of carbonyl (C=O) groups excluding carboxylic acids is 3. The number of anilines is 1. The van der Waals surface area contributed by atoms with E-state index in [-0.39, 0.29) is 23.4 Å². The summed E-state index contributed by atoms with van der Waals surface area (Å²) in [5.74, 6) is -0.983. The molecule has 2 rings (SSSR count). The molecule has 3 N–H and O–H groups in total. The van der Waals surface area contributed by atoms with Gasteiger partial charge >= 0.3 is 5.97 Å². The van der Waals surface area contributed by atoms with Gasteiger partial charge in [0.1, 0.15) is 5.76 Å². The summed E-state index contributed by atoms with van der Waals surface area (Å²) in [5.41, 5.74) is 5.62. The molecule has 0 spiro atoms. The molecule has 1 heterocycles. The monoisotopic (exact) mass is 331 g/mol. The summed E-state index contributed by atoms with van der Waals surface area (Å²) in [6.45, 7) is 3.40. The smallest absolute Gasteiger partial charge is 0.338 e. The van der Waals surface area contributed by atoms with Crippen molar-refractivity contribution in [3.8, 4) is 0 Å². The Bertz CT molecular complexity index is 751. The number of nitrogens with two attached hydrogens (primary N) is 1. The maximum atomic E-state index is 12.1. The van der Waals surface area contributed by atoms with Crippen molar-refractivity contribution < 1.29 is 23.6 Å². The van der Waals surface area contributed by atoms with Crippen LogP contribution in [-0.4, -0.2) is 29.0 Å². The van der Waals surface area contributed by atoms with Crippen LogP contribution in [0.5, 0.6) is 0 Å². The predicted molar refractivity (Wildman–Crippen MR) is 84.3 cm³/mol. The van der Waals surface area contributed by atoms with Crippen LogP contribution in [0.2, 0.25) is 0 Å². The summed E-state index contributed by atoms with van der Waals surface area (Å²) in [6.07, 6.45) is -0.696. The van der Waals surface area contributed by atoms with Crippen LogP contribution >= 0.6 is 0 Å². The highest BCUT2D eigenvalue weighted by molar-refractivity contribution is 5.98. The minimum absolute atomic E-state index is 0.212. The van der Waals surface area contributed by atoms with Crippen LogP contribution in [0.15, 0.2) is 34.9 Å². The predicted octanol–water partition coefficient (Wildman–Crippen LogP) is 1.66. The number of esters is 1. The highest BCUT2D eigenvalue weighted by atomic mass is 16.5. The van der Waals surface area contributed by atoms with Crippen LogP contribution < -0.4 is 11.1 Å². The molecule has 1 aromatic carbocycles. The average molecular weight is 331 g/mol. The first kappa shape index (κ1) is 17.2. The van der Waals surface area contributed by atoms with Crippen LogP contribution in [0.4, 0.5) is 5.82 Å². The fourth-order valence-electron chi connectivity index (χ4n) is 1.92. The maximum Gasteiger partial charge on any atom is 0.338 e. The highest BCUT2D eigenvalue weighted by Crippen LogP contribution is 2.12. The zero-order valence-corrected chi connectivity index (χ0v) is 13.2. The number of nitrogens with one attached hydrogen (secondary N) is 1. The first-order chi connectivity index (χ1) is 11.4. The Kier molecular flexibility index (Phi) is 5.31. The van der Waals surface area contributed by atoms with Crippen LogP contribution in [0.1, 0.15) is 39.8 Å². The quantitative estimate of drug-likeness (QED) is 0.776. The van der Waals surface area contributed by atoms with Crippen LogP contribution in [-0.2, 0) is 9.53 Å². The van der Waals surface area contributed by atoms with E-state index in [1.165, 1.54) is 24.3 Å². The zero-order chi connectivity index (χ0) is 17.7. The van der Waals surface area contributed by atoms with Crippen molar-refractivity contribution in [2.75, 3.05) is 5.32 Å². The molecular formula is C16H17N3O5. The number of ether oxygens (including phenoxy) is 1. The molecule has 1 aromatic heterocycles. The molecule has 1 atom stereocenters. The van der Waals surface area contributed by atoms with Crippen molar-refractivity contribution in [1.82, 2.24) is 5.16 Å². The zero-order valence-electron chi connectivity index (χ0n) is 13.2. The van der Waals surface area contributed by atoms with Crippen molar-refractivity contribution in [2.45, 2.75) is 26.4 Å². The summed E-state index contributed by atoms with van der Waals surface area (Å²) in [4.78, 5) is 35.2. The van der Waals surface area contributed by atoms with Gasteiger partial charge in [0.25, 0.3) is 5.91 Å². The number of primary amides is 1. The van der Waals surface area contributed by atoms with Gasteiger partial charge in [-0.2, -0.15) is 0 Å². The first-order valence-corrected chi connectivity index (χ1v) is 7.25. The highest BCUT2D eigenvalue weighted by Gasteiger charge is 2.23. The SMILES string of the molecule is CCC(OC(=O)c1ccc(C(N)=O)cc1)C(=O)Nc1cc(C)on1. The molecule has 1 unspecified atom stereocenters. The molecular weight excluding hydrogens is 314 g/mol. The van der Waals surface area contributed by atoms with Crippen molar-refractivity contribution in [2.24, 2.45) is 5.73 Å². The second-order valence-corrected chi connectivity index (χ2v) is 5.06. The summed E-state index contributed by atoms with van der Waals surface area (Å²) < 4.78 is 10.1. The number of hydrogen-bond donors (Lipinski definition) is 2. The first-order valence-electron chi connectivity index (χ1n) is 7.25. The van der Waals surface area contributed by atoms with E-state index in [1.807, 2.05) is 0 Å². The van der Waals surface area contributed by atoms with Gasteiger partial charge in [-0.15, -0.1) is 0 Å². The third-order valence-corrected chi connectivity index (χ3v) is 3.20. The van der Waals surface area contributed by atoms with E-state index in [9.17, 15) is 14.4 Å². The third-order valence-electron chi connectivity index (χ3n) is 3.20. The molecule has 0 aliphatic carbocycles. The molecule has 0 aliphatic rings. The minimum atomic E-state index is -0.981. The van der Waals surface area contributed by atoms with E-state index in [0.29, 0.717) is 5.76 Å². The second-order valence-electron chi connectivity index (χ2n) is 5.06. The van der Waals surface area contributed by atoms with Crippen molar-refractivity contribution in [3.63, 3.8) is 0 Å². The van der Waals surface area contributed by atoms with Gasteiger partial charge in [-0.25, -0.2) is 4.79 Å². The lowest BCUT2D eigenvalue weighted by molar-refractivity contribution is -0.124. The average Bonchev–Trinajstić information content (AvgIpc) is 2.97. The van der Waals surface area contributed by atoms with Crippen LogP contribution in [0.3, 0.4) is 0 Å². The van der Waals surface area contributed by atoms with Crippen molar-refractivity contribution in [1.29, 1.82) is 0 Å². The van der Waals surface area contributed by atoms with Gasteiger partial charge < -0.3 is 20.3 Å². The molecule has 0 bridgehead atoms. The minimum Gasteiger partial charge on any atom is -0.449 e. The standard InChI is InChI=1S/C16H17N3O5/c1-3-12(15(21)18-13-8-9(2)24-19-13)23-16(22)11-6-4-10(5-7-11)14(17)20/h4-8,12H,3H2,1-2H3,(H2,17,20)(H,18,19,21). The van der Waals surface area contributed by atoms with Gasteiger partial charge in [0.15, 0.2) is 11.9 Å². The lowest BCUT2D eigenvalue weighted by Crippen LogP contribution is -2.32. The third kappa shape index (κ3) is 4.19. The lowest BCUT2D eigenvalue weighted by atomic mass is 10.1. The van der Waals surface area contributed by atoms with Crippen LogP contribution in [0, 0.1) is 6.92 Å². The van der Waals surface area contributed by atoms with Gasteiger partial charge in [0.2, 0.25) is 5.91 Å². The Labute approximate surface area is 137 Å².